The lowest BCUT2D eigenvalue weighted by atomic mass is 10.1. The molecule has 0 aliphatic carbocycles. The molecular weight excluding hydrogens is 255 g/mol. The molecule has 4 heteroatoms. The summed E-state index contributed by atoms with van der Waals surface area (Å²) in [5.41, 5.74) is 2.19. The van der Waals surface area contributed by atoms with E-state index in [1.54, 1.807) is 6.07 Å². The van der Waals surface area contributed by atoms with Crippen molar-refractivity contribution in [3.05, 3.63) is 58.3 Å². The van der Waals surface area contributed by atoms with Gasteiger partial charge in [-0.15, -0.1) is 0 Å². The van der Waals surface area contributed by atoms with Crippen LogP contribution in [0.5, 0.6) is 0 Å². The van der Waals surface area contributed by atoms with Crippen LogP contribution >= 0.6 is 0 Å². The minimum absolute atomic E-state index is 0.0984. The molecule has 0 aliphatic heterocycles. The number of aryl methyl sites for hydroxylation is 2. The lowest BCUT2D eigenvalue weighted by Crippen LogP contribution is -2.18. The first kappa shape index (κ1) is 14.3. The molecule has 20 heavy (non-hydrogen) atoms. The lowest BCUT2D eigenvalue weighted by Gasteiger charge is -2.13. The number of halogens is 1. The number of rotatable bonds is 4. The zero-order valence-electron chi connectivity index (χ0n) is 11.8. The van der Waals surface area contributed by atoms with Crippen LogP contribution in [0.1, 0.15) is 41.2 Å². The van der Waals surface area contributed by atoms with Crippen molar-refractivity contribution in [3.63, 3.8) is 0 Å². The molecule has 0 saturated heterocycles. The third kappa shape index (κ3) is 3.25. The minimum Gasteiger partial charge on any atom is -0.466 e. The van der Waals surface area contributed by atoms with Crippen molar-refractivity contribution in [1.29, 1.82) is 5.26 Å². The van der Waals surface area contributed by atoms with Gasteiger partial charge in [-0.2, -0.15) is 5.26 Å². The summed E-state index contributed by atoms with van der Waals surface area (Å²) in [5.74, 6) is 1.38. The van der Waals surface area contributed by atoms with Crippen LogP contribution in [-0.2, 0) is 6.54 Å². The largest absolute Gasteiger partial charge is 0.466 e. The number of nitriles is 1. The monoisotopic (exact) mass is 272 g/mol. The van der Waals surface area contributed by atoms with Crippen LogP contribution in [-0.4, -0.2) is 0 Å². The van der Waals surface area contributed by atoms with E-state index in [1.165, 1.54) is 12.1 Å². The number of nitrogens with one attached hydrogen (secondary N) is 1. The summed E-state index contributed by atoms with van der Waals surface area (Å²) in [4.78, 5) is 0. The molecule has 0 saturated carbocycles. The Morgan fingerprint density at radius 3 is 2.65 bits per heavy atom. The van der Waals surface area contributed by atoms with Crippen molar-refractivity contribution >= 4 is 0 Å². The summed E-state index contributed by atoms with van der Waals surface area (Å²) in [7, 11) is 0. The number of hydrogen-bond acceptors (Lipinski definition) is 3. The second-order valence-corrected chi connectivity index (χ2v) is 4.93. The standard InChI is InChI=1S/C16H17FN2O/c1-10-4-16(12(3)20-10)11(2)19-9-14-5-13(8-18)6-15(17)7-14/h4-7,11,19H,9H2,1-3H3. The van der Waals surface area contributed by atoms with Crippen LogP contribution in [0.2, 0.25) is 0 Å². The van der Waals surface area contributed by atoms with E-state index >= 15 is 0 Å². The molecule has 1 atom stereocenters. The topological polar surface area (TPSA) is 49.0 Å². The second-order valence-electron chi connectivity index (χ2n) is 4.93. The zero-order chi connectivity index (χ0) is 14.7. The lowest BCUT2D eigenvalue weighted by molar-refractivity contribution is 0.489. The molecule has 0 radical (unpaired) electrons. The van der Waals surface area contributed by atoms with Gasteiger partial charge in [0, 0.05) is 18.2 Å². The van der Waals surface area contributed by atoms with Crippen molar-refractivity contribution in [1.82, 2.24) is 5.32 Å². The molecular formula is C16H17FN2O. The van der Waals surface area contributed by atoms with Gasteiger partial charge in [0.2, 0.25) is 0 Å². The summed E-state index contributed by atoms with van der Waals surface area (Å²) < 4.78 is 18.8. The smallest absolute Gasteiger partial charge is 0.124 e. The summed E-state index contributed by atoms with van der Waals surface area (Å²) in [5, 5.41) is 12.1. The number of nitrogens with zero attached hydrogens (tertiary/aromatic N) is 1. The van der Waals surface area contributed by atoms with E-state index in [0.29, 0.717) is 12.1 Å². The summed E-state index contributed by atoms with van der Waals surface area (Å²) in [6.45, 7) is 6.37. The van der Waals surface area contributed by atoms with Gasteiger partial charge in [0.15, 0.2) is 0 Å². The highest BCUT2D eigenvalue weighted by Gasteiger charge is 2.12. The highest BCUT2D eigenvalue weighted by molar-refractivity contribution is 5.33. The van der Waals surface area contributed by atoms with Gasteiger partial charge in [-0.25, -0.2) is 4.39 Å². The minimum atomic E-state index is -0.385. The predicted molar refractivity (Wildman–Crippen MR) is 74.6 cm³/mol. The van der Waals surface area contributed by atoms with Crippen molar-refractivity contribution in [2.24, 2.45) is 0 Å². The Morgan fingerprint density at radius 2 is 2.05 bits per heavy atom. The Bertz CT molecular complexity index is 655. The molecule has 0 spiro atoms. The molecule has 1 aromatic carbocycles. The SMILES string of the molecule is Cc1cc(C(C)NCc2cc(F)cc(C#N)c2)c(C)o1. The molecule has 3 nitrogen and oxygen atoms in total. The van der Waals surface area contributed by atoms with Gasteiger partial charge < -0.3 is 9.73 Å². The number of furan rings is 1. The summed E-state index contributed by atoms with van der Waals surface area (Å²) in [6.07, 6.45) is 0. The zero-order valence-corrected chi connectivity index (χ0v) is 11.8. The van der Waals surface area contributed by atoms with Gasteiger partial charge in [-0.05, 0) is 50.6 Å². The van der Waals surface area contributed by atoms with Crippen LogP contribution < -0.4 is 5.32 Å². The van der Waals surface area contributed by atoms with E-state index < -0.39 is 0 Å². The molecule has 0 bridgehead atoms. The molecule has 1 unspecified atom stereocenters. The number of benzene rings is 1. The molecule has 104 valence electrons. The molecule has 0 amide bonds. The highest BCUT2D eigenvalue weighted by Crippen LogP contribution is 2.21. The first-order valence-corrected chi connectivity index (χ1v) is 6.49. The first-order valence-electron chi connectivity index (χ1n) is 6.49. The van der Waals surface area contributed by atoms with Gasteiger partial charge in [-0.1, -0.05) is 0 Å². The van der Waals surface area contributed by atoms with E-state index in [9.17, 15) is 4.39 Å². The van der Waals surface area contributed by atoms with E-state index in [0.717, 1.165) is 22.6 Å². The van der Waals surface area contributed by atoms with Crippen molar-refractivity contribution in [2.45, 2.75) is 33.4 Å². The van der Waals surface area contributed by atoms with E-state index in [2.05, 4.69) is 5.32 Å². The van der Waals surface area contributed by atoms with E-state index in [-0.39, 0.29) is 11.9 Å². The van der Waals surface area contributed by atoms with E-state index in [1.807, 2.05) is 32.9 Å². The number of hydrogen-bond donors (Lipinski definition) is 1. The molecule has 1 aromatic heterocycles. The fourth-order valence-corrected chi connectivity index (χ4v) is 2.28. The van der Waals surface area contributed by atoms with Crippen LogP contribution in [0, 0.1) is 31.0 Å². The highest BCUT2D eigenvalue weighted by atomic mass is 19.1. The normalized spacial score (nSPS) is 12.2. The van der Waals surface area contributed by atoms with Gasteiger partial charge in [-0.3, -0.25) is 0 Å². The van der Waals surface area contributed by atoms with Crippen LogP contribution in [0.3, 0.4) is 0 Å². The van der Waals surface area contributed by atoms with Crippen molar-refractivity contribution in [2.75, 3.05) is 0 Å². The van der Waals surface area contributed by atoms with Gasteiger partial charge in [0.1, 0.15) is 17.3 Å². The van der Waals surface area contributed by atoms with Crippen molar-refractivity contribution in [3.8, 4) is 6.07 Å². The maximum Gasteiger partial charge on any atom is 0.124 e. The molecule has 2 aromatic rings. The van der Waals surface area contributed by atoms with Crippen molar-refractivity contribution < 1.29 is 8.81 Å². The van der Waals surface area contributed by atoms with Gasteiger partial charge >= 0.3 is 0 Å². The average Bonchev–Trinajstić information content (AvgIpc) is 2.74. The quantitative estimate of drug-likeness (QED) is 0.922. The Morgan fingerprint density at radius 1 is 1.30 bits per heavy atom. The Labute approximate surface area is 118 Å². The average molecular weight is 272 g/mol. The Kier molecular flexibility index (Phi) is 4.21. The van der Waals surface area contributed by atoms with Crippen LogP contribution in [0.15, 0.2) is 28.7 Å². The van der Waals surface area contributed by atoms with Gasteiger partial charge in [0.25, 0.3) is 0 Å². The molecule has 1 heterocycles. The molecule has 0 fully saturated rings. The molecule has 0 aliphatic rings. The second kappa shape index (κ2) is 5.89. The summed E-state index contributed by atoms with van der Waals surface area (Å²) >= 11 is 0. The fraction of sp³-hybridized carbons (Fsp3) is 0.312. The Hall–Kier alpha value is -2.12. The predicted octanol–water partition coefficient (Wildman–Crippen LogP) is 3.76. The maximum atomic E-state index is 13.3. The third-order valence-electron chi connectivity index (χ3n) is 3.24. The molecule has 2 rings (SSSR count). The third-order valence-corrected chi connectivity index (χ3v) is 3.24. The summed E-state index contributed by atoms with van der Waals surface area (Å²) in [6, 6.07) is 8.42. The van der Waals surface area contributed by atoms with Crippen LogP contribution in [0.25, 0.3) is 0 Å². The Balaban J connectivity index is 2.07. The first-order chi connectivity index (χ1) is 9.49. The fourth-order valence-electron chi connectivity index (χ4n) is 2.28. The van der Waals surface area contributed by atoms with Crippen LogP contribution in [0.4, 0.5) is 4.39 Å². The van der Waals surface area contributed by atoms with Gasteiger partial charge in [0.05, 0.1) is 11.6 Å². The molecule has 1 N–H and O–H groups in total. The van der Waals surface area contributed by atoms with E-state index in [4.69, 9.17) is 9.68 Å². The maximum absolute atomic E-state index is 13.3.